The molecule has 1 aliphatic rings. The molecular weight excluding hydrogens is 731 g/mol. The Morgan fingerprint density at radius 2 is 0.862 bits per heavy atom. The molecule has 1 saturated heterocycles. The van der Waals surface area contributed by atoms with Gasteiger partial charge in [0.15, 0.2) is 6.29 Å². The summed E-state index contributed by atoms with van der Waals surface area (Å²) in [4.78, 5) is 12.8. The van der Waals surface area contributed by atoms with E-state index in [2.05, 4.69) is 19.2 Å². The van der Waals surface area contributed by atoms with Crippen molar-refractivity contribution in [1.29, 1.82) is 0 Å². The zero-order chi connectivity index (χ0) is 42.3. The molecule has 1 fully saturated rings. The van der Waals surface area contributed by atoms with Gasteiger partial charge in [0.25, 0.3) is 0 Å². The van der Waals surface area contributed by atoms with E-state index in [1.807, 2.05) is 0 Å². The fourth-order valence-electron chi connectivity index (χ4n) is 8.40. The van der Waals surface area contributed by atoms with Crippen molar-refractivity contribution in [2.45, 2.75) is 294 Å². The summed E-state index contributed by atoms with van der Waals surface area (Å²) < 4.78 is 11.2. The molecule has 0 aromatic heterocycles. The van der Waals surface area contributed by atoms with Crippen molar-refractivity contribution in [2.24, 2.45) is 0 Å². The molecule has 1 amide bonds. The Labute approximate surface area is 357 Å². The summed E-state index contributed by atoms with van der Waals surface area (Å²) in [6.07, 6.45) is 38.9. The monoisotopic (exact) mass is 828 g/mol. The minimum atomic E-state index is -1.55. The molecule has 0 radical (unpaired) electrons. The van der Waals surface area contributed by atoms with Crippen LogP contribution < -0.4 is 5.32 Å². The lowest BCUT2D eigenvalue weighted by atomic mass is 9.99. The Balaban J connectivity index is 2.06. The number of hydrogen-bond donors (Lipinski definition) is 6. The third-order valence-corrected chi connectivity index (χ3v) is 12.5. The maximum atomic E-state index is 12.8. The van der Waals surface area contributed by atoms with Gasteiger partial charge in [0.1, 0.15) is 24.4 Å². The van der Waals surface area contributed by atoms with Crippen LogP contribution >= 0.6 is 0 Å². The molecule has 1 rings (SSSR count). The van der Waals surface area contributed by atoms with Crippen LogP contribution in [-0.4, -0.2) is 87.5 Å². The number of amides is 1. The molecule has 346 valence electrons. The predicted molar refractivity (Wildman–Crippen MR) is 240 cm³/mol. The normalized spacial score (nSPS) is 20.7. The summed E-state index contributed by atoms with van der Waals surface area (Å²) >= 11 is 0. The van der Waals surface area contributed by atoms with Crippen LogP contribution in [0.5, 0.6) is 0 Å². The van der Waals surface area contributed by atoms with Gasteiger partial charge in [0, 0.05) is 6.42 Å². The van der Waals surface area contributed by atoms with E-state index in [9.17, 15) is 30.3 Å². The molecule has 0 aromatic carbocycles. The quantitative estimate of drug-likeness (QED) is 0.0333. The number of nitrogens with one attached hydrogen (secondary N) is 1. The van der Waals surface area contributed by atoms with Crippen LogP contribution in [0.4, 0.5) is 0 Å². The summed E-state index contributed by atoms with van der Waals surface area (Å²) in [5.74, 6) is -0.150. The van der Waals surface area contributed by atoms with Gasteiger partial charge >= 0.3 is 0 Å². The van der Waals surface area contributed by atoms with Crippen molar-refractivity contribution in [2.75, 3.05) is 13.2 Å². The Morgan fingerprint density at radius 1 is 0.517 bits per heavy atom. The molecule has 7 atom stereocenters. The molecular formula is C49H97NO8. The van der Waals surface area contributed by atoms with Crippen LogP contribution in [0.25, 0.3) is 0 Å². The van der Waals surface area contributed by atoms with Crippen molar-refractivity contribution in [1.82, 2.24) is 5.32 Å². The first kappa shape index (κ1) is 55.2. The average Bonchev–Trinajstić information content (AvgIpc) is 3.22. The second kappa shape index (κ2) is 40.3. The Morgan fingerprint density at radius 3 is 1.22 bits per heavy atom. The average molecular weight is 828 g/mol. The van der Waals surface area contributed by atoms with Gasteiger partial charge in [0.05, 0.1) is 25.4 Å². The van der Waals surface area contributed by atoms with E-state index >= 15 is 0 Å². The first-order valence-corrected chi connectivity index (χ1v) is 25.2. The van der Waals surface area contributed by atoms with E-state index in [0.29, 0.717) is 12.8 Å². The van der Waals surface area contributed by atoms with Crippen LogP contribution in [0.1, 0.15) is 251 Å². The lowest BCUT2D eigenvalue weighted by molar-refractivity contribution is -0.302. The number of carbonyl (C=O) groups is 1. The molecule has 6 N–H and O–H groups in total. The van der Waals surface area contributed by atoms with Crippen molar-refractivity contribution >= 4 is 5.91 Å². The van der Waals surface area contributed by atoms with E-state index in [1.165, 1.54) is 186 Å². The van der Waals surface area contributed by atoms with Crippen LogP contribution in [0.2, 0.25) is 0 Å². The van der Waals surface area contributed by atoms with Crippen molar-refractivity contribution in [3.05, 3.63) is 0 Å². The minimum Gasteiger partial charge on any atom is -0.394 e. The molecule has 58 heavy (non-hydrogen) atoms. The number of unbranched alkanes of at least 4 members (excludes halogenated alkanes) is 33. The molecule has 0 saturated carbocycles. The number of carbonyl (C=O) groups excluding carboxylic acids is 1. The van der Waals surface area contributed by atoms with Crippen molar-refractivity contribution in [3.8, 4) is 0 Å². The number of aliphatic hydroxyl groups is 5. The van der Waals surface area contributed by atoms with Gasteiger partial charge in [-0.15, -0.1) is 0 Å². The van der Waals surface area contributed by atoms with Gasteiger partial charge in [-0.3, -0.25) is 4.79 Å². The van der Waals surface area contributed by atoms with E-state index < -0.39 is 49.5 Å². The molecule has 0 aliphatic carbocycles. The highest BCUT2D eigenvalue weighted by molar-refractivity contribution is 5.76. The Hall–Kier alpha value is -0.810. The zero-order valence-corrected chi connectivity index (χ0v) is 38.1. The highest BCUT2D eigenvalue weighted by atomic mass is 16.7. The van der Waals surface area contributed by atoms with Gasteiger partial charge in [0.2, 0.25) is 5.91 Å². The van der Waals surface area contributed by atoms with Crippen LogP contribution in [0.3, 0.4) is 0 Å². The Bertz CT molecular complexity index is 878. The maximum Gasteiger partial charge on any atom is 0.220 e. The van der Waals surface area contributed by atoms with Crippen LogP contribution in [0, 0.1) is 0 Å². The van der Waals surface area contributed by atoms with E-state index in [0.717, 1.165) is 38.5 Å². The van der Waals surface area contributed by atoms with Crippen LogP contribution in [-0.2, 0) is 14.3 Å². The maximum absolute atomic E-state index is 12.8. The van der Waals surface area contributed by atoms with Crippen LogP contribution in [0.15, 0.2) is 0 Å². The second-order valence-electron chi connectivity index (χ2n) is 18.0. The molecule has 0 aromatic rings. The van der Waals surface area contributed by atoms with Crippen molar-refractivity contribution < 1.29 is 39.8 Å². The molecule has 9 heteroatoms. The molecule has 0 spiro atoms. The van der Waals surface area contributed by atoms with Gasteiger partial charge in [-0.1, -0.05) is 232 Å². The molecule has 1 aliphatic heterocycles. The first-order chi connectivity index (χ1) is 28.3. The lowest BCUT2D eigenvalue weighted by Crippen LogP contribution is -2.60. The zero-order valence-electron chi connectivity index (χ0n) is 38.1. The third kappa shape index (κ3) is 30.3. The van der Waals surface area contributed by atoms with E-state index in [-0.39, 0.29) is 12.5 Å². The number of ether oxygens (including phenoxy) is 2. The molecule has 0 bridgehead atoms. The van der Waals surface area contributed by atoms with Gasteiger partial charge in [-0.05, 0) is 12.8 Å². The summed E-state index contributed by atoms with van der Waals surface area (Å²) in [5.41, 5.74) is 0. The number of rotatable bonds is 43. The van der Waals surface area contributed by atoms with E-state index in [4.69, 9.17) is 9.47 Å². The van der Waals surface area contributed by atoms with Gasteiger partial charge < -0.3 is 40.3 Å². The molecule has 9 nitrogen and oxygen atoms in total. The first-order valence-electron chi connectivity index (χ1n) is 25.2. The fraction of sp³-hybridized carbons (Fsp3) is 0.980. The molecule has 7 unspecified atom stereocenters. The van der Waals surface area contributed by atoms with Crippen molar-refractivity contribution in [3.63, 3.8) is 0 Å². The second-order valence-corrected chi connectivity index (χ2v) is 18.0. The van der Waals surface area contributed by atoms with Gasteiger partial charge in [-0.2, -0.15) is 0 Å². The highest BCUT2D eigenvalue weighted by Gasteiger charge is 2.44. The summed E-state index contributed by atoms with van der Waals surface area (Å²) in [5, 5.41) is 54.1. The number of aliphatic hydroxyl groups excluding tert-OH is 5. The standard InChI is InChI=1S/C49H97NO8/c1-3-5-7-9-11-12-13-14-15-16-17-18-19-20-21-22-23-24-25-26-27-28-29-30-31-32-33-34-36-38-43(52)42(50-45(53)39-37-35-10-8-6-4-2)41-57-49-48(56)47(55)46(54)44(40-51)58-49/h42-44,46-49,51-52,54-56H,3-41H2,1-2H3,(H,50,53). The minimum absolute atomic E-state index is 0.133. The predicted octanol–water partition coefficient (Wildman–Crippen LogP) is 11.1. The SMILES string of the molecule is CCCCCCCCCCCCCCCCCCCCCCCCCCCCCCCC(O)C(COC1OC(CO)C(O)C(O)C1O)NC(=O)CCCCCCCC. The fourth-order valence-corrected chi connectivity index (χ4v) is 8.40. The van der Waals surface area contributed by atoms with Gasteiger partial charge in [-0.25, -0.2) is 0 Å². The number of hydrogen-bond acceptors (Lipinski definition) is 8. The highest BCUT2D eigenvalue weighted by Crippen LogP contribution is 2.23. The summed E-state index contributed by atoms with van der Waals surface area (Å²) in [7, 11) is 0. The largest absolute Gasteiger partial charge is 0.394 e. The topological polar surface area (TPSA) is 149 Å². The van der Waals surface area contributed by atoms with E-state index in [1.54, 1.807) is 0 Å². The summed E-state index contributed by atoms with van der Waals surface area (Å²) in [6.45, 7) is 3.79. The third-order valence-electron chi connectivity index (χ3n) is 12.5. The lowest BCUT2D eigenvalue weighted by Gasteiger charge is -2.40. The summed E-state index contributed by atoms with van der Waals surface area (Å²) in [6, 6.07) is -0.709. The Kier molecular flexibility index (Phi) is 38.3. The smallest absolute Gasteiger partial charge is 0.220 e. The molecule has 1 heterocycles.